The van der Waals surface area contributed by atoms with Crippen LogP contribution < -0.4 is 0 Å². The largest absolute Gasteiger partial charge is 0.332 e. The number of hydrogen-bond donors (Lipinski definition) is 1. The minimum absolute atomic E-state index is 0.0785. The molecule has 0 unspecified atom stereocenters. The summed E-state index contributed by atoms with van der Waals surface area (Å²) in [7, 11) is 0.274. The highest BCUT2D eigenvalue weighted by molar-refractivity contribution is 7.89. The Morgan fingerprint density at radius 1 is 1.44 bits per heavy atom. The molecule has 18 heavy (non-hydrogen) atoms. The lowest BCUT2D eigenvalue weighted by Gasteiger charge is -2.34. The zero-order valence-corrected chi connectivity index (χ0v) is 11.9. The van der Waals surface area contributed by atoms with Gasteiger partial charge in [-0.1, -0.05) is 0 Å². The number of aromatic nitrogens is 2. The molecule has 2 rings (SSSR count). The number of imidazole rings is 1. The maximum atomic E-state index is 12.4. The van der Waals surface area contributed by atoms with Crippen LogP contribution in [0.1, 0.15) is 18.7 Å². The normalized spacial score (nSPS) is 19.6. The number of nitrogens with one attached hydrogen (secondary N) is 1. The monoisotopic (exact) mass is 272 g/mol. The summed E-state index contributed by atoms with van der Waals surface area (Å²) in [5, 5.41) is 0.182. The molecule has 1 aromatic rings. The molecule has 0 saturated carbocycles. The highest BCUT2D eigenvalue weighted by Gasteiger charge is 2.31. The van der Waals surface area contributed by atoms with E-state index in [-0.39, 0.29) is 11.1 Å². The van der Waals surface area contributed by atoms with Gasteiger partial charge in [-0.2, -0.15) is 4.31 Å². The van der Waals surface area contributed by atoms with Crippen LogP contribution >= 0.6 is 0 Å². The van der Waals surface area contributed by atoms with Gasteiger partial charge in [0, 0.05) is 13.1 Å². The second-order valence-electron chi connectivity index (χ2n) is 4.89. The summed E-state index contributed by atoms with van der Waals surface area (Å²) in [6.07, 6.45) is 3.13. The van der Waals surface area contributed by atoms with Gasteiger partial charge in [-0.3, -0.25) is 0 Å². The lowest BCUT2D eigenvalue weighted by atomic mass is 10.1. The lowest BCUT2D eigenvalue weighted by Crippen LogP contribution is -2.44. The highest BCUT2D eigenvalue weighted by atomic mass is 32.2. The summed E-state index contributed by atoms with van der Waals surface area (Å²) in [6.45, 7) is 3.62. The first-order valence-electron chi connectivity index (χ1n) is 6.09. The number of aromatic amines is 1. The van der Waals surface area contributed by atoms with Crippen molar-refractivity contribution in [1.29, 1.82) is 0 Å². The van der Waals surface area contributed by atoms with E-state index in [9.17, 15) is 8.42 Å². The molecule has 2 heterocycles. The Bertz CT molecular complexity index is 503. The SMILES string of the molecule is Cc1ncc(S(=O)(=O)N(C)C2CCN(C)CC2)[nH]1. The van der Waals surface area contributed by atoms with Gasteiger partial charge in [0.05, 0.1) is 6.20 Å². The molecule has 0 bridgehead atoms. The molecule has 1 aliphatic heterocycles. The number of likely N-dealkylation sites (tertiary alicyclic amines) is 1. The molecule has 6 nitrogen and oxygen atoms in total. The number of nitrogens with zero attached hydrogens (tertiary/aromatic N) is 3. The zero-order chi connectivity index (χ0) is 13.3. The number of sulfonamides is 1. The number of hydrogen-bond acceptors (Lipinski definition) is 4. The van der Waals surface area contributed by atoms with Crippen LogP contribution in [0.3, 0.4) is 0 Å². The molecule has 1 aliphatic rings. The van der Waals surface area contributed by atoms with Crippen molar-refractivity contribution in [3.8, 4) is 0 Å². The Balaban J connectivity index is 2.15. The van der Waals surface area contributed by atoms with Crippen LogP contribution in [0.2, 0.25) is 0 Å². The van der Waals surface area contributed by atoms with Crippen LogP contribution in [0.25, 0.3) is 0 Å². The molecule has 1 aromatic heterocycles. The van der Waals surface area contributed by atoms with Crippen molar-refractivity contribution in [1.82, 2.24) is 19.2 Å². The quantitative estimate of drug-likeness (QED) is 0.866. The molecule has 1 saturated heterocycles. The van der Waals surface area contributed by atoms with Crippen molar-refractivity contribution in [2.45, 2.75) is 30.8 Å². The molecule has 0 aromatic carbocycles. The van der Waals surface area contributed by atoms with Crippen molar-refractivity contribution in [3.63, 3.8) is 0 Å². The molecule has 0 atom stereocenters. The zero-order valence-electron chi connectivity index (χ0n) is 11.0. The van der Waals surface area contributed by atoms with E-state index in [0.29, 0.717) is 5.82 Å². The Kier molecular flexibility index (Phi) is 3.74. The van der Waals surface area contributed by atoms with Gasteiger partial charge < -0.3 is 9.88 Å². The summed E-state index contributed by atoms with van der Waals surface area (Å²) in [6, 6.07) is 0.0785. The lowest BCUT2D eigenvalue weighted by molar-refractivity contribution is 0.197. The van der Waals surface area contributed by atoms with E-state index in [1.54, 1.807) is 14.0 Å². The van der Waals surface area contributed by atoms with E-state index in [0.717, 1.165) is 25.9 Å². The predicted molar refractivity (Wildman–Crippen MR) is 68.8 cm³/mol. The third-order valence-corrected chi connectivity index (χ3v) is 5.36. The fraction of sp³-hybridized carbons (Fsp3) is 0.727. The Morgan fingerprint density at radius 3 is 2.56 bits per heavy atom. The molecule has 0 aliphatic carbocycles. The third kappa shape index (κ3) is 2.57. The standard InChI is InChI=1S/C11H20N4O2S/c1-9-12-8-11(13-9)18(16,17)15(3)10-4-6-14(2)7-5-10/h8,10H,4-7H2,1-3H3,(H,12,13). The average Bonchev–Trinajstić information content (AvgIpc) is 2.76. The summed E-state index contributed by atoms with van der Waals surface area (Å²) in [5.74, 6) is 0.616. The maximum Gasteiger partial charge on any atom is 0.260 e. The number of rotatable bonds is 3. The van der Waals surface area contributed by atoms with Gasteiger partial charge in [0.2, 0.25) is 0 Å². The minimum atomic E-state index is -3.44. The van der Waals surface area contributed by atoms with Crippen LogP contribution in [-0.2, 0) is 10.0 Å². The van der Waals surface area contributed by atoms with E-state index in [1.165, 1.54) is 10.5 Å². The summed E-state index contributed by atoms with van der Waals surface area (Å²) in [5.41, 5.74) is 0. The van der Waals surface area contributed by atoms with E-state index in [4.69, 9.17) is 0 Å². The molecular formula is C11H20N4O2S. The van der Waals surface area contributed by atoms with E-state index in [2.05, 4.69) is 21.9 Å². The first-order chi connectivity index (χ1) is 8.41. The highest BCUT2D eigenvalue weighted by Crippen LogP contribution is 2.21. The van der Waals surface area contributed by atoms with E-state index < -0.39 is 10.0 Å². The Labute approximate surface area is 108 Å². The van der Waals surface area contributed by atoms with Crippen molar-refractivity contribution in [2.75, 3.05) is 27.2 Å². The molecule has 1 fully saturated rings. The van der Waals surface area contributed by atoms with Crippen molar-refractivity contribution < 1.29 is 8.42 Å². The molecule has 0 spiro atoms. The first kappa shape index (κ1) is 13.5. The van der Waals surface area contributed by atoms with Gasteiger partial charge in [0.15, 0.2) is 5.03 Å². The maximum absolute atomic E-state index is 12.4. The summed E-state index contributed by atoms with van der Waals surface area (Å²) in [4.78, 5) is 8.97. The number of piperidine rings is 1. The summed E-state index contributed by atoms with van der Waals surface area (Å²) < 4.78 is 26.2. The van der Waals surface area contributed by atoms with Gasteiger partial charge in [-0.15, -0.1) is 0 Å². The van der Waals surface area contributed by atoms with Crippen LogP contribution in [0.15, 0.2) is 11.2 Å². The van der Waals surface area contributed by atoms with Crippen LogP contribution in [0, 0.1) is 6.92 Å². The molecule has 7 heteroatoms. The first-order valence-corrected chi connectivity index (χ1v) is 7.53. The third-order valence-electron chi connectivity index (χ3n) is 3.54. The molecule has 1 N–H and O–H groups in total. The average molecular weight is 272 g/mol. The molecule has 0 amide bonds. The van der Waals surface area contributed by atoms with Crippen molar-refractivity contribution in [2.24, 2.45) is 0 Å². The van der Waals surface area contributed by atoms with Gasteiger partial charge in [0.25, 0.3) is 10.0 Å². The Hall–Kier alpha value is -0.920. The smallest absolute Gasteiger partial charge is 0.260 e. The van der Waals surface area contributed by atoms with E-state index >= 15 is 0 Å². The van der Waals surface area contributed by atoms with Gasteiger partial charge in [0.1, 0.15) is 5.82 Å². The van der Waals surface area contributed by atoms with Crippen LogP contribution in [0.5, 0.6) is 0 Å². The minimum Gasteiger partial charge on any atom is -0.332 e. The van der Waals surface area contributed by atoms with Crippen molar-refractivity contribution in [3.05, 3.63) is 12.0 Å². The van der Waals surface area contributed by atoms with Gasteiger partial charge in [-0.25, -0.2) is 13.4 Å². The molecule has 0 radical (unpaired) electrons. The topological polar surface area (TPSA) is 69.3 Å². The fourth-order valence-electron chi connectivity index (χ4n) is 2.24. The number of aryl methyl sites for hydroxylation is 1. The fourth-order valence-corrected chi connectivity index (χ4v) is 3.62. The molecular weight excluding hydrogens is 252 g/mol. The summed E-state index contributed by atoms with van der Waals surface area (Å²) >= 11 is 0. The predicted octanol–water partition coefficient (Wildman–Crippen LogP) is 0.433. The van der Waals surface area contributed by atoms with Gasteiger partial charge in [-0.05, 0) is 39.9 Å². The Morgan fingerprint density at radius 2 is 2.06 bits per heavy atom. The van der Waals surface area contributed by atoms with Crippen LogP contribution in [-0.4, -0.2) is 60.8 Å². The second kappa shape index (κ2) is 4.99. The van der Waals surface area contributed by atoms with Crippen molar-refractivity contribution >= 4 is 10.0 Å². The second-order valence-corrected chi connectivity index (χ2v) is 6.85. The number of H-pyrrole nitrogens is 1. The molecule has 102 valence electrons. The van der Waals surface area contributed by atoms with Crippen LogP contribution in [0.4, 0.5) is 0 Å². The van der Waals surface area contributed by atoms with Gasteiger partial charge >= 0.3 is 0 Å². The van der Waals surface area contributed by atoms with E-state index in [1.807, 2.05) is 0 Å².